The van der Waals surface area contributed by atoms with Crippen LogP contribution in [0.2, 0.25) is 0 Å². The summed E-state index contributed by atoms with van der Waals surface area (Å²) in [5, 5.41) is 0. The lowest BCUT2D eigenvalue weighted by molar-refractivity contribution is 0.275. The van der Waals surface area contributed by atoms with Crippen molar-refractivity contribution in [2.45, 2.75) is 32.9 Å². The van der Waals surface area contributed by atoms with E-state index in [0.29, 0.717) is 6.54 Å². The van der Waals surface area contributed by atoms with Gasteiger partial charge < -0.3 is 4.90 Å². The smallest absolute Gasteiger partial charge is 0.114 e. The molecule has 1 heterocycles. The first-order chi connectivity index (χ1) is 5.18. The number of likely N-dealkylation sites (tertiary alicyclic amines) is 1. The first-order valence-corrected chi connectivity index (χ1v) is 4.55. The fraction of sp³-hybridized carbons (Fsp3) is 1.00. The van der Waals surface area contributed by atoms with Crippen molar-refractivity contribution >= 4 is 0 Å². The zero-order valence-corrected chi connectivity index (χ0v) is 7.52. The van der Waals surface area contributed by atoms with Crippen LogP contribution in [0.5, 0.6) is 0 Å². The summed E-state index contributed by atoms with van der Waals surface area (Å²) in [4.78, 5) is 2.23. The minimum absolute atomic E-state index is 0.554. The van der Waals surface area contributed by atoms with Gasteiger partial charge in [-0.25, -0.2) is 4.39 Å². The lowest BCUT2D eigenvalue weighted by Gasteiger charge is -2.15. The van der Waals surface area contributed by atoms with Crippen LogP contribution in [0.15, 0.2) is 0 Å². The first-order valence-electron chi connectivity index (χ1n) is 4.55. The molecule has 2 heteroatoms. The second-order valence-corrected chi connectivity index (χ2v) is 3.87. The second kappa shape index (κ2) is 4.05. The summed E-state index contributed by atoms with van der Waals surface area (Å²) < 4.78 is 12.7. The van der Waals surface area contributed by atoms with E-state index in [-0.39, 0.29) is 0 Å². The van der Waals surface area contributed by atoms with E-state index in [2.05, 4.69) is 18.7 Å². The average Bonchev–Trinajstić information content (AvgIpc) is 2.31. The van der Waals surface area contributed by atoms with E-state index in [1.165, 1.54) is 6.42 Å². The summed E-state index contributed by atoms with van der Waals surface area (Å²) in [7, 11) is 0. The highest BCUT2D eigenvalue weighted by atomic mass is 19.1. The normalized spacial score (nSPS) is 26.7. The Bertz CT molecular complexity index is 114. The van der Waals surface area contributed by atoms with Crippen LogP contribution in [0.1, 0.15) is 26.7 Å². The number of hydrogen-bond donors (Lipinski definition) is 0. The van der Waals surface area contributed by atoms with Crippen molar-refractivity contribution < 1.29 is 4.39 Å². The molecule has 0 aromatic heterocycles. The molecule has 1 saturated heterocycles. The summed E-state index contributed by atoms with van der Waals surface area (Å²) in [6.07, 6.45) is 1.40. The van der Waals surface area contributed by atoms with Gasteiger partial charge in [0.25, 0.3) is 0 Å². The van der Waals surface area contributed by atoms with Gasteiger partial charge in [0.15, 0.2) is 0 Å². The van der Waals surface area contributed by atoms with Crippen LogP contribution < -0.4 is 0 Å². The molecule has 1 fully saturated rings. The monoisotopic (exact) mass is 159 g/mol. The minimum Gasteiger partial charge on any atom is -0.300 e. The molecular weight excluding hydrogens is 141 g/mol. The van der Waals surface area contributed by atoms with Crippen molar-refractivity contribution in [2.75, 3.05) is 19.6 Å². The van der Waals surface area contributed by atoms with Gasteiger partial charge in [-0.3, -0.25) is 0 Å². The van der Waals surface area contributed by atoms with E-state index >= 15 is 0 Å². The summed E-state index contributed by atoms with van der Waals surface area (Å²) in [6, 6.07) is 0. The molecule has 0 spiro atoms. The zero-order valence-electron chi connectivity index (χ0n) is 7.52. The van der Waals surface area contributed by atoms with E-state index in [1.54, 1.807) is 0 Å². The van der Waals surface area contributed by atoms with Crippen LogP contribution in [-0.2, 0) is 0 Å². The van der Waals surface area contributed by atoms with Crippen molar-refractivity contribution in [1.82, 2.24) is 4.90 Å². The fourth-order valence-corrected chi connectivity index (χ4v) is 1.43. The third-order valence-corrected chi connectivity index (χ3v) is 2.24. The summed E-state index contributed by atoms with van der Waals surface area (Å²) >= 11 is 0. The number of nitrogens with zero attached hydrogens (tertiary/aromatic N) is 1. The van der Waals surface area contributed by atoms with Gasteiger partial charge in [-0.05, 0) is 25.3 Å². The highest BCUT2D eigenvalue weighted by molar-refractivity contribution is 4.74. The Labute approximate surface area is 68.6 Å². The first kappa shape index (κ1) is 8.98. The highest BCUT2D eigenvalue weighted by Gasteiger charge is 2.20. The third-order valence-electron chi connectivity index (χ3n) is 2.24. The number of halogens is 1. The molecule has 1 aliphatic heterocycles. The van der Waals surface area contributed by atoms with Crippen molar-refractivity contribution in [3.8, 4) is 0 Å². The highest BCUT2D eigenvalue weighted by Crippen LogP contribution is 2.13. The Morgan fingerprint density at radius 2 is 2.27 bits per heavy atom. The lowest BCUT2D eigenvalue weighted by Crippen LogP contribution is -2.23. The third kappa shape index (κ3) is 3.19. The molecule has 0 aromatic rings. The zero-order chi connectivity index (χ0) is 8.27. The molecule has 1 atom stereocenters. The second-order valence-electron chi connectivity index (χ2n) is 3.87. The van der Waals surface area contributed by atoms with Crippen LogP contribution >= 0.6 is 0 Å². The lowest BCUT2D eigenvalue weighted by atomic mass is 10.1. The minimum atomic E-state index is -0.554. The van der Waals surface area contributed by atoms with Crippen molar-refractivity contribution in [3.63, 3.8) is 0 Å². The van der Waals surface area contributed by atoms with Gasteiger partial charge in [-0.2, -0.15) is 0 Å². The predicted molar refractivity (Wildman–Crippen MR) is 45.4 cm³/mol. The molecule has 0 bridgehead atoms. The van der Waals surface area contributed by atoms with Gasteiger partial charge in [0.05, 0.1) is 0 Å². The molecule has 0 amide bonds. The predicted octanol–water partition coefficient (Wildman–Crippen LogP) is 2.08. The van der Waals surface area contributed by atoms with Crippen LogP contribution in [0.3, 0.4) is 0 Å². The Kier molecular flexibility index (Phi) is 3.31. The van der Waals surface area contributed by atoms with Crippen molar-refractivity contribution in [2.24, 2.45) is 5.92 Å². The Morgan fingerprint density at radius 3 is 2.73 bits per heavy atom. The molecule has 0 aromatic carbocycles. The summed E-state index contributed by atoms with van der Waals surface area (Å²) in [6.45, 7) is 7.14. The number of rotatable bonds is 3. The van der Waals surface area contributed by atoms with Gasteiger partial charge in [-0.15, -0.1) is 0 Å². The summed E-state index contributed by atoms with van der Waals surface area (Å²) in [5.41, 5.74) is 0. The standard InChI is InChI=1S/C9H18FN/c1-8(2)3-5-11-6-4-9(10)7-11/h8-9H,3-7H2,1-2H3/t9-/m1/s1. The van der Waals surface area contributed by atoms with Crippen LogP contribution in [-0.4, -0.2) is 30.7 Å². The number of alkyl halides is 1. The maximum Gasteiger partial charge on any atom is 0.114 e. The molecular formula is C9H18FN. The molecule has 1 aliphatic rings. The van der Waals surface area contributed by atoms with Gasteiger partial charge in [0, 0.05) is 13.1 Å². The molecule has 0 unspecified atom stereocenters. The fourth-order valence-electron chi connectivity index (χ4n) is 1.43. The van der Waals surface area contributed by atoms with Gasteiger partial charge in [0.1, 0.15) is 6.17 Å². The summed E-state index contributed by atoms with van der Waals surface area (Å²) in [5.74, 6) is 0.744. The Hall–Kier alpha value is -0.110. The average molecular weight is 159 g/mol. The van der Waals surface area contributed by atoms with Crippen LogP contribution in [0.4, 0.5) is 4.39 Å². The van der Waals surface area contributed by atoms with Gasteiger partial charge in [0.2, 0.25) is 0 Å². The molecule has 66 valence electrons. The van der Waals surface area contributed by atoms with E-state index < -0.39 is 6.17 Å². The van der Waals surface area contributed by atoms with Crippen LogP contribution in [0, 0.1) is 5.92 Å². The Morgan fingerprint density at radius 1 is 1.55 bits per heavy atom. The Balaban J connectivity index is 2.08. The molecule has 1 rings (SSSR count). The molecule has 0 aliphatic carbocycles. The SMILES string of the molecule is CC(C)CCN1CC[C@@H](F)C1. The molecule has 11 heavy (non-hydrogen) atoms. The molecule has 0 saturated carbocycles. The number of hydrogen-bond acceptors (Lipinski definition) is 1. The molecule has 0 radical (unpaired) electrons. The largest absolute Gasteiger partial charge is 0.300 e. The topological polar surface area (TPSA) is 3.24 Å². The van der Waals surface area contributed by atoms with E-state index in [9.17, 15) is 4.39 Å². The van der Waals surface area contributed by atoms with Crippen molar-refractivity contribution in [1.29, 1.82) is 0 Å². The van der Waals surface area contributed by atoms with Gasteiger partial charge in [-0.1, -0.05) is 13.8 Å². The van der Waals surface area contributed by atoms with Crippen LogP contribution in [0.25, 0.3) is 0 Å². The van der Waals surface area contributed by atoms with E-state index in [4.69, 9.17) is 0 Å². The van der Waals surface area contributed by atoms with E-state index in [1.807, 2.05) is 0 Å². The van der Waals surface area contributed by atoms with E-state index in [0.717, 1.165) is 25.4 Å². The maximum absolute atomic E-state index is 12.7. The maximum atomic E-state index is 12.7. The van der Waals surface area contributed by atoms with Gasteiger partial charge >= 0.3 is 0 Å². The molecule has 1 nitrogen and oxygen atoms in total. The molecule has 0 N–H and O–H groups in total. The van der Waals surface area contributed by atoms with Crippen molar-refractivity contribution in [3.05, 3.63) is 0 Å². The quantitative estimate of drug-likeness (QED) is 0.609.